The molecule has 0 fully saturated rings. The van der Waals surface area contributed by atoms with Crippen molar-refractivity contribution in [2.24, 2.45) is 5.73 Å². The number of carbonyl (C=O) groups excluding carboxylic acids is 1. The van der Waals surface area contributed by atoms with Gasteiger partial charge in [0.1, 0.15) is 11.8 Å². The van der Waals surface area contributed by atoms with Crippen LogP contribution in [0.2, 0.25) is 0 Å². The number of anilines is 1. The van der Waals surface area contributed by atoms with Crippen LogP contribution in [0.4, 0.5) is 10.5 Å². The van der Waals surface area contributed by atoms with Gasteiger partial charge in [0.05, 0.1) is 5.56 Å². The van der Waals surface area contributed by atoms with Gasteiger partial charge in [-0.3, -0.25) is 0 Å². The van der Waals surface area contributed by atoms with E-state index < -0.39 is 6.03 Å². The zero-order valence-electron chi connectivity index (χ0n) is 6.61. The van der Waals surface area contributed by atoms with Crippen LogP contribution in [0.3, 0.4) is 0 Å². The Kier molecular flexibility index (Phi) is 2.36. The molecular weight excluding hydrogens is 170 g/mol. The van der Waals surface area contributed by atoms with E-state index in [0.717, 1.165) is 0 Å². The number of amides is 2. The van der Waals surface area contributed by atoms with Gasteiger partial charge in [0.15, 0.2) is 0 Å². The van der Waals surface area contributed by atoms with Crippen LogP contribution >= 0.6 is 0 Å². The van der Waals surface area contributed by atoms with E-state index in [-0.39, 0.29) is 11.3 Å². The van der Waals surface area contributed by atoms with Gasteiger partial charge in [0, 0.05) is 11.8 Å². The standard InChI is InChI=1S/C8H7N3O2/c9-4-5-1-2-6(3-7(5)12)11-8(10)13/h1-3,12H,(H3,10,11,13). The number of aromatic hydroxyl groups is 1. The average molecular weight is 177 g/mol. The fraction of sp³-hybridized carbons (Fsp3) is 0. The van der Waals surface area contributed by atoms with E-state index in [1.54, 1.807) is 6.07 Å². The molecule has 0 heterocycles. The van der Waals surface area contributed by atoms with Crippen molar-refractivity contribution in [3.05, 3.63) is 23.8 Å². The van der Waals surface area contributed by atoms with Crippen LogP contribution in [0.15, 0.2) is 18.2 Å². The summed E-state index contributed by atoms with van der Waals surface area (Å²) in [6.07, 6.45) is 0. The number of nitrogens with one attached hydrogen (secondary N) is 1. The van der Waals surface area contributed by atoms with Crippen LogP contribution in [-0.4, -0.2) is 11.1 Å². The molecule has 0 radical (unpaired) electrons. The third kappa shape index (κ3) is 2.10. The summed E-state index contributed by atoms with van der Waals surface area (Å²) in [5.41, 5.74) is 5.35. The minimum atomic E-state index is -0.718. The van der Waals surface area contributed by atoms with Gasteiger partial charge in [-0.05, 0) is 12.1 Å². The Hall–Kier alpha value is -2.22. The predicted molar refractivity (Wildman–Crippen MR) is 46.0 cm³/mol. The first-order valence-corrected chi connectivity index (χ1v) is 3.43. The van der Waals surface area contributed by atoms with Gasteiger partial charge >= 0.3 is 6.03 Å². The molecule has 66 valence electrons. The highest BCUT2D eigenvalue weighted by atomic mass is 16.3. The third-order valence-electron chi connectivity index (χ3n) is 1.39. The van der Waals surface area contributed by atoms with E-state index in [1.807, 2.05) is 0 Å². The summed E-state index contributed by atoms with van der Waals surface area (Å²) in [5, 5.41) is 19.9. The number of benzene rings is 1. The smallest absolute Gasteiger partial charge is 0.316 e. The summed E-state index contributed by atoms with van der Waals surface area (Å²) < 4.78 is 0. The first-order chi connectivity index (χ1) is 6.13. The van der Waals surface area contributed by atoms with Crippen molar-refractivity contribution in [1.82, 2.24) is 0 Å². The number of hydrogen-bond acceptors (Lipinski definition) is 3. The minimum Gasteiger partial charge on any atom is -0.506 e. The zero-order valence-corrected chi connectivity index (χ0v) is 6.61. The number of nitrogens with two attached hydrogens (primary N) is 1. The lowest BCUT2D eigenvalue weighted by Crippen LogP contribution is -2.19. The lowest BCUT2D eigenvalue weighted by Gasteiger charge is -2.02. The Morgan fingerprint density at radius 1 is 1.62 bits per heavy atom. The van der Waals surface area contributed by atoms with Crippen molar-refractivity contribution in [2.45, 2.75) is 0 Å². The van der Waals surface area contributed by atoms with Gasteiger partial charge in [-0.15, -0.1) is 0 Å². The Bertz CT molecular complexity index is 381. The molecule has 0 saturated carbocycles. The van der Waals surface area contributed by atoms with Crippen molar-refractivity contribution < 1.29 is 9.90 Å². The minimum absolute atomic E-state index is 0.148. The summed E-state index contributed by atoms with van der Waals surface area (Å²) in [6, 6.07) is 5.18. The molecule has 0 spiro atoms. The van der Waals surface area contributed by atoms with Gasteiger partial charge in [-0.2, -0.15) is 5.26 Å². The van der Waals surface area contributed by atoms with Crippen molar-refractivity contribution in [2.75, 3.05) is 5.32 Å². The molecule has 4 N–H and O–H groups in total. The van der Waals surface area contributed by atoms with Crippen LogP contribution < -0.4 is 11.1 Å². The number of carbonyl (C=O) groups is 1. The molecule has 0 aliphatic carbocycles. The van der Waals surface area contributed by atoms with E-state index in [0.29, 0.717) is 5.69 Å². The van der Waals surface area contributed by atoms with Crippen molar-refractivity contribution in [3.8, 4) is 11.8 Å². The molecule has 0 saturated heterocycles. The van der Waals surface area contributed by atoms with Crippen LogP contribution in [0.25, 0.3) is 0 Å². The molecule has 0 aliphatic rings. The third-order valence-corrected chi connectivity index (χ3v) is 1.39. The average Bonchev–Trinajstić information content (AvgIpc) is 2.03. The number of nitriles is 1. The molecule has 5 nitrogen and oxygen atoms in total. The van der Waals surface area contributed by atoms with Gasteiger partial charge < -0.3 is 16.2 Å². The van der Waals surface area contributed by atoms with Crippen LogP contribution in [-0.2, 0) is 0 Å². The molecule has 13 heavy (non-hydrogen) atoms. The summed E-state index contributed by atoms with van der Waals surface area (Å²) in [7, 11) is 0. The molecular formula is C8H7N3O2. The Morgan fingerprint density at radius 2 is 2.31 bits per heavy atom. The molecule has 1 rings (SSSR count). The summed E-state index contributed by atoms with van der Waals surface area (Å²) in [4.78, 5) is 10.4. The fourth-order valence-electron chi connectivity index (χ4n) is 0.846. The van der Waals surface area contributed by atoms with Gasteiger partial charge in [-0.1, -0.05) is 0 Å². The van der Waals surface area contributed by atoms with E-state index in [2.05, 4.69) is 5.32 Å². The Morgan fingerprint density at radius 3 is 2.77 bits per heavy atom. The quantitative estimate of drug-likeness (QED) is 0.590. The number of phenolic OH excluding ortho intramolecular Hbond substituents is 1. The largest absolute Gasteiger partial charge is 0.506 e. The lowest BCUT2D eigenvalue weighted by molar-refractivity contribution is 0.259. The number of phenols is 1. The lowest BCUT2D eigenvalue weighted by atomic mass is 10.2. The highest BCUT2D eigenvalue weighted by Gasteiger charge is 2.02. The molecule has 1 aromatic rings. The molecule has 1 aromatic carbocycles. The van der Waals surface area contributed by atoms with Gasteiger partial charge in [0.25, 0.3) is 0 Å². The summed E-state index contributed by atoms with van der Waals surface area (Å²) in [5.74, 6) is -0.186. The van der Waals surface area contributed by atoms with Gasteiger partial charge in [0.2, 0.25) is 0 Å². The number of primary amides is 1. The van der Waals surface area contributed by atoms with Crippen LogP contribution in [0, 0.1) is 11.3 Å². The Balaban J connectivity index is 2.97. The summed E-state index contributed by atoms with van der Waals surface area (Å²) in [6.45, 7) is 0. The normalized spacial score (nSPS) is 8.85. The maximum Gasteiger partial charge on any atom is 0.316 e. The van der Waals surface area contributed by atoms with E-state index in [4.69, 9.17) is 11.0 Å². The second-order valence-electron chi connectivity index (χ2n) is 2.33. The number of urea groups is 1. The van der Waals surface area contributed by atoms with E-state index in [9.17, 15) is 9.90 Å². The van der Waals surface area contributed by atoms with Crippen molar-refractivity contribution in [3.63, 3.8) is 0 Å². The maximum absolute atomic E-state index is 10.4. The van der Waals surface area contributed by atoms with Crippen LogP contribution in [0.1, 0.15) is 5.56 Å². The predicted octanol–water partition coefficient (Wildman–Crippen LogP) is 0.754. The van der Waals surface area contributed by atoms with E-state index in [1.165, 1.54) is 18.2 Å². The maximum atomic E-state index is 10.4. The molecule has 0 aliphatic heterocycles. The SMILES string of the molecule is N#Cc1ccc(NC(N)=O)cc1O. The zero-order chi connectivity index (χ0) is 9.84. The number of rotatable bonds is 1. The molecule has 0 bridgehead atoms. The molecule has 0 unspecified atom stereocenters. The molecule has 0 aromatic heterocycles. The number of nitrogens with zero attached hydrogens (tertiary/aromatic N) is 1. The fourth-order valence-corrected chi connectivity index (χ4v) is 0.846. The highest BCUT2D eigenvalue weighted by molar-refractivity contribution is 5.88. The Labute approximate surface area is 74.4 Å². The van der Waals surface area contributed by atoms with E-state index >= 15 is 0 Å². The topological polar surface area (TPSA) is 99.1 Å². The summed E-state index contributed by atoms with van der Waals surface area (Å²) >= 11 is 0. The first kappa shape index (κ1) is 8.87. The number of hydrogen-bond donors (Lipinski definition) is 3. The second kappa shape index (κ2) is 3.45. The molecule has 5 heteroatoms. The second-order valence-corrected chi connectivity index (χ2v) is 2.33. The van der Waals surface area contributed by atoms with Gasteiger partial charge in [-0.25, -0.2) is 4.79 Å². The van der Waals surface area contributed by atoms with Crippen molar-refractivity contribution >= 4 is 11.7 Å². The molecule has 0 atom stereocenters. The van der Waals surface area contributed by atoms with Crippen molar-refractivity contribution in [1.29, 1.82) is 5.26 Å². The van der Waals surface area contributed by atoms with Crippen LogP contribution in [0.5, 0.6) is 5.75 Å². The monoisotopic (exact) mass is 177 g/mol. The first-order valence-electron chi connectivity index (χ1n) is 3.43. The molecule has 2 amide bonds. The highest BCUT2D eigenvalue weighted by Crippen LogP contribution is 2.20.